The summed E-state index contributed by atoms with van der Waals surface area (Å²) in [5.74, 6) is 0.754. The third-order valence-electron chi connectivity index (χ3n) is 0.880. The first-order valence-corrected chi connectivity index (χ1v) is 3.34. The highest BCUT2D eigenvalue weighted by Crippen LogP contribution is 2.11. The van der Waals surface area contributed by atoms with Gasteiger partial charge >= 0.3 is 18.6 Å². The van der Waals surface area contributed by atoms with Crippen LogP contribution in [0.25, 0.3) is 0 Å². The minimum absolute atomic E-state index is 0.433. The molecular formula is C7H5F5O2. The molecular weight excluding hydrogens is 211 g/mol. The van der Waals surface area contributed by atoms with Gasteiger partial charge in [0.2, 0.25) is 0 Å². The van der Waals surface area contributed by atoms with E-state index in [4.69, 9.17) is 0 Å². The molecule has 0 saturated heterocycles. The highest BCUT2D eigenvalue weighted by Gasteiger charge is 2.22. The van der Waals surface area contributed by atoms with Crippen LogP contribution in [-0.2, 0) is 9.53 Å². The van der Waals surface area contributed by atoms with E-state index in [1.54, 1.807) is 5.92 Å². The van der Waals surface area contributed by atoms with Gasteiger partial charge in [-0.15, -0.1) is 0 Å². The number of carbonyl (C=O) groups is 1. The van der Waals surface area contributed by atoms with Gasteiger partial charge in [-0.25, -0.2) is 4.79 Å². The minimum atomic E-state index is -4.62. The summed E-state index contributed by atoms with van der Waals surface area (Å²) in [7, 11) is 0. The molecule has 0 aromatic carbocycles. The van der Waals surface area contributed by atoms with Crippen LogP contribution in [0.3, 0.4) is 0 Å². The zero-order valence-corrected chi connectivity index (χ0v) is 6.70. The van der Waals surface area contributed by atoms with E-state index in [1.165, 1.54) is 0 Å². The van der Waals surface area contributed by atoms with Crippen LogP contribution in [-0.4, -0.2) is 25.2 Å². The monoisotopic (exact) mass is 216 g/mol. The molecule has 80 valence electrons. The Bertz CT molecular complexity index is 247. The lowest BCUT2D eigenvalue weighted by Crippen LogP contribution is -2.14. The van der Waals surface area contributed by atoms with Gasteiger partial charge in [0, 0.05) is 12.3 Å². The zero-order valence-electron chi connectivity index (χ0n) is 6.70. The maximum Gasteiger partial charge on any atom is 0.457 e. The highest BCUT2D eigenvalue weighted by atomic mass is 19.4. The first kappa shape index (κ1) is 12.7. The molecule has 0 fully saturated rings. The zero-order chi connectivity index (χ0) is 11.2. The molecule has 0 bridgehead atoms. The number of hydrogen-bond acceptors (Lipinski definition) is 2. The van der Waals surface area contributed by atoms with Gasteiger partial charge in [0.25, 0.3) is 0 Å². The smallest absolute Gasteiger partial charge is 0.457 e. The van der Waals surface area contributed by atoms with Crippen molar-refractivity contribution in [2.45, 2.75) is 19.0 Å². The van der Waals surface area contributed by atoms with Gasteiger partial charge in [0.15, 0.2) is 0 Å². The molecule has 7 heteroatoms. The van der Waals surface area contributed by atoms with Gasteiger partial charge < -0.3 is 4.74 Å². The van der Waals surface area contributed by atoms with E-state index in [0.717, 1.165) is 5.92 Å². The molecule has 0 N–H and O–H groups in total. The molecule has 0 saturated carbocycles. The topological polar surface area (TPSA) is 26.3 Å². The van der Waals surface area contributed by atoms with Crippen molar-refractivity contribution < 1.29 is 31.5 Å². The summed E-state index contributed by atoms with van der Waals surface area (Å²) in [4.78, 5) is 10.1. The van der Waals surface area contributed by atoms with Crippen LogP contribution in [0.2, 0.25) is 0 Å². The van der Waals surface area contributed by atoms with Crippen molar-refractivity contribution in [2.75, 3.05) is 6.61 Å². The van der Waals surface area contributed by atoms with Gasteiger partial charge in [-0.3, -0.25) is 0 Å². The Morgan fingerprint density at radius 1 is 1.36 bits per heavy atom. The summed E-state index contributed by atoms with van der Waals surface area (Å²) in [5.41, 5.74) is 0. The summed E-state index contributed by atoms with van der Waals surface area (Å²) in [6.45, 7) is -0.577. The molecule has 0 spiro atoms. The molecule has 0 atom stereocenters. The molecule has 0 radical (unpaired) electrons. The number of ether oxygens (including phenoxy) is 1. The fourth-order valence-corrected chi connectivity index (χ4v) is 0.428. The van der Waals surface area contributed by atoms with Crippen LogP contribution in [0.4, 0.5) is 22.0 Å². The van der Waals surface area contributed by atoms with E-state index in [0.29, 0.717) is 0 Å². The Labute approximate surface area is 76.0 Å². The van der Waals surface area contributed by atoms with Gasteiger partial charge in [-0.05, 0) is 0 Å². The second kappa shape index (κ2) is 5.42. The Morgan fingerprint density at radius 3 is 2.36 bits per heavy atom. The maximum absolute atomic E-state index is 11.4. The summed E-state index contributed by atoms with van der Waals surface area (Å²) in [6, 6.07) is 0. The predicted molar refractivity (Wildman–Crippen MR) is 35.4 cm³/mol. The number of rotatable bonds is 3. The fraction of sp³-hybridized carbons (Fsp3) is 0.571. The van der Waals surface area contributed by atoms with Gasteiger partial charge in [-0.2, -0.15) is 22.0 Å². The Morgan fingerprint density at radius 2 is 1.93 bits per heavy atom. The Hall–Kier alpha value is -1.32. The second-order valence-corrected chi connectivity index (χ2v) is 2.02. The summed E-state index contributed by atoms with van der Waals surface area (Å²) >= 11 is 0. The molecule has 0 aromatic rings. The average molecular weight is 216 g/mol. The van der Waals surface area contributed by atoms with Crippen molar-refractivity contribution in [3.8, 4) is 11.8 Å². The second-order valence-electron chi connectivity index (χ2n) is 2.02. The predicted octanol–water partition coefficient (Wildman–Crippen LogP) is 1.75. The van der Waals surface area contributed by atoms with Crippen molar-refractivity contribution in [1.82, 2.24) is 0 Å². The lowest BCUT2D eigenvalue weighted by atomic mass is 10.4. The van der Waals surface area contributed by atoms with Crippen LogP contribution in [0.5, 0.6) is 0 Å². The third-order valence-corrected chi connectivity index (χ3v) is 0.880. The van der Waals surface area contributed by atoms with Crippen LogP contribution >= 0.6 is 0 Å². The number of hydrogen-bond donors (Lipinski definition) is 0. The maximum atomic E-state index is 11.4. The summed E-state index contributed by atoms with van der Waals surface area (Å²) in [6.07, 6.45) is -8.32. The molecule has 14 heavy (non-hydrogen) atoms. The van der Waals surface area contributed by atoms with Crippen molar-refractivity contribution in [1.29, 1.82) is 0 Å². The minimum Gasteiger partial charge on any atom is -0.460 e. The van der Waals surface area contributed by atoms with Crippen LogP contribution in [0.1, 0.15) is 6.42 Å². The normalized spacial score (nSPS) is 10.7. The molecule has 0 rings (SSSR count). The summed E-state index contributed by atoms with van der Waals surface area (Å²) < 4.78 is 60.8. The number of halogens is 5. The largest absolute Gasteiger partial charge is 0.460 e. The van der Waals surface area contributed by atoms with Crippen LogP contribution in [0, 0.1) is 11.8 Å². The van der Waals surface area contributed by atoms with Crippen molar-refractivity contribution in [3.63, 3.8) is 0 Å². The van der Waals surface area contributed by atoms with E-state index < -0.39 is 31.6 Å². The van der Waals surface area contributed by atoms with Crippen molar-refractivity contribution in [3.05, 3.63) is 0 Å². The SMILES string of the molecule is O=C(OCCC#CC(F)(F)F)C(F)F. The molecule has 0 amide bonds. The third kappa shape index (κ3) is 7.34. The van der Waals surface area contributed by atoms with E-state index in [9.17, 15) is 26.7 Å². The summed E-state index contributed by atoms with van der Waals surface area (Å²) in [5, 5.41) is 0. The molecule has 0 aliphatic carbocycles. The van der Waals surface area contributed by atoms with E-state index >= 15 is 0 Å². The van der Waals surface area contributed by atoms with Gasteiger partial charge in [0.05, 0.1) is 0 Å². The standard InChI is InChI=1S/C7H5F5O2/c8-5(9)6(13)14-4-2-1-3-7(10,11)12/h5H,2,4H2. The Kier molecular flexibility index (Phi) is 4.91. The Balaban J connectivity index is 3.65. The van der Waals surface area contributed by atoms with Crippen LogP contribution < -0.4 is 0 Å². The van der Waals surface area contributed by atoms with Crippen molar-refractivity contribution in [2.24, 2.45) is 0 Å². The number of alkyl halides is 5. The average Bonchev–Trinajstić information content (AvgIpc) is 2.01. The lowest BCUT2D eigenvalue weighted by Gasteiger charge is -1.99. The molecule has 0 unspecified atom stereocenters. The molecule has 2 nitrogen and oxygen atoms in total. The van der Waals surface area contributed by atoms with Gasteiger partial charge in [0.1, 0.15) is 6.61 Å². The molecule has 0 aliphatic rings. The first-order chi connectivity index (χ1) is 6.33. The lowest BCUT2D eigenvalue weighted by molar-refractivity contribution is -0.156. The first-order valence-electron chi connectivity index (χ1n) is 3.34. The van der Waals surface area contributed by atoms with Crippen LogP contribution in [0.15, 0.2) is 0 Å². The quantitative estimate of drug-likeness (QED) is 0.311. The molecule has 0 aromatic heterocycles. The molecule has 0 aliphatic heterocycles. The van der Waals surface area contributed by atoms with Gasteiger partial charge in [-0.1, -0.05) is 5.92 Å². The van der Waals surface area contributed by atoms with Crippen molar-refractivity contribution >= 4 is 5.97 Å². The number of carbonyl (C=O) groups excluding carboxylic acids is 1. The van der Waals surface area contributed by atoms with E-state index in [-0.39, 0.29) is 0 Å². The van der Waals surface area contributed by atoms with E-state index in [1.807, 2.05) is 0 Å². The fourth-order valence-electron chi connectivity index (χ4n) is 0.428. The highest BCUT2D eigenvalue weighted by molar-refractivity contribution is 5.72. The number of esters is 1. The molecule has 0 heterocycles. The van der Waals surface area contributed by atoms with E-state index in [2.05, 4.69) is 4.74 Å².